The quantitative estimate of drug-likeness (QED) is 0.772. The zero-order valence-electron chi connectivity index (χ0n) is 13.5. The van der Waals surface area contributed by atoms with Crippen molar-refractivity contribution in [3.63, 3.8) is 0 Å². The first-order chi connectivity index (χ1) is 11.2. The highest BCUT2D eigenvalue weighted by Crippen LogP contribution is 2.30. The van der Waals surface area contributed by atoms with E-state index in [1.54, 1.807) is 13.1 Å². The molecular weight excluding hydrogens is 315 g/mol. The number of nitrogens with two attached hydrogens (primary N) is 1. The Balaban J connectivity index is 2.23. The monoisotopic (exact) mass is 334 g/mol. The first kappa shape index (κ1) is 16.3. The number of rotatable bonds is 3. The molecule has 1 aliphatic rings. The van der Waals surface area contributed by atoms with Crippen LogP contribution in [0.25, 0.3) is 10.9 Å². The minimum absolute atomic E-state index is 0.0141. The van der Waals surface area contributed by atoms with Gasteiger partial charge in [0, 0.05) is 31.9 Å². The Morgan fingerprint density at radius 3 is 2.71 bits per heavy atom. The number of nitrogens with zero attached hydrogens (tertiary/aromatic N) is 2. The number of benzene rings is 1. The van der Waals surface area contributed by atoms with Crippen LogP contribution in [0.3, 0.4) is 0 Å². The molecule has 3 rings (SSSR count). The first-order valence-corrected chi connectivity index (χ1v) is 7.57. The molecular formula is C16H19FN4O3. The number of aromatic nitrogens is 1. The van der Waals surface area contributed by atoms with Gasteiger partial charge in [-0.1, -0.05) is 0 Å². The van der Waals surface area contributed by atoms with Gasteiger partial charge in [0.15, 0.2) is 0 Å². The largest absolute Gasteiger partial charge is 0.477 e. The maximum Gasteiger partial charge on any atom is 0.341 e. The lowest BCUT2D eigenvalue weighted by Crippen LogP contribution is -2.39. The summed E-state index contributed by atoms with van der Waals surface area (Å²) in [5, 5.41) is 9.16. The van der Waals surface area contributed by atoms with Crippen LogP contribution in [0.1, 0.15) is 23.7 Å². The summed E-state index contributed by atoms with van der Waals surface area (Å²) in [4.78, 5) is 25.4. The molecule has 24 heavy (non-hydrogen) atoms. The number of anilines is 1. The van der Waals surface area contributed by atoms with Crippen LogP contribution in [0.15, 0.2) is 23.1 Å². The van der Waals surface area contributed by atoms with Gasteiger partial charge in [0.2, 0.25) is 5.43 Å². The molecule has 1 aromatic carbocycles. The van der Waals surface area contributed by atoms with Crippen LogP contribution in [0.4, 0.5) is 10.1 Å². The number of carboxylic acids is 1. The average molecular weight is 334 g/mol. The second-order valence-electron chi connectivity index (χ2n) is 6.42. The van der Waals surface area contributed by atoms with Gasteiger partial charge in [0.1, 0.15) is 11.4 Å². The molecule has 1 atom stereocenters. The van der Waals surface area contributed by atoms with Gasteiger partial charge in [-0.3, -0.25) is 9.47 Å². The predicted octanol–water partition coefficient (Wildman–Crippen LogP) is 0.940. The lowest BCUT2D eigenvalue weighted by atomic mass is 10.0. The van der Waals surface area contributed by atoms with Crippen molar-refractivity contribution in [1.29, 1.82) is 0 Å². The van der Waals surface area contributed by atoms with E-state index in [1.807, 2.05) is 11.8 Å². The summed E-state index contributed by atoms with van der Waals surface area (Å²) in [7, 11) is 1.59. The van der Waals surface area contributed by atoms with Crippen molar-refractivity contribution >= 4 is 22.6 Å². The van der Waals surface area contributed by atoms with E-state index in [2.05, 4.69) is 5.43 Å². The van der Waals surface area contributed by atoms with Crippen LogP contribution in [-0.2, 0) is 0 Å². The topological polar surface area (TPSA) is 101 Å². The molecule has 0 saturated carbocycles. The van der Waals surface area contributed by atoms with Crippen LogP contribution in [0.5, 0.6) is 0 Å². The number of aromatic carboxylic acids is 1. The molecule has 0 aliphatic carbocycles. The molecule has 0 bridgehead atoms. The SMILES string of the molecule is CNn1cc(C(=O)O)c(=O)c2cc(F)c(N3CCC(C)(N)C3)cc21. The van der Waals surface area contributed by atoms with E-state index >= 15 is 0 Å². The highest BCUT2D eigenvalue weighted by Gasteiger charge is 2.31. The maximum atomic E-state index is 14.6. The summed E-state index contributed by atoms with van der Waals surface area (Å²) in [6.45, 7) is 3.04. The fourth-order valence-corrected chi connectivity index (χ4v) is 3.10. The lowest BCUT2D eigenvalue weighted by Gasteiger charge is -2.23. The van der Waals surface area contributed by atoms with E-state index < -0.39 is 28.3 Å². The number of hydrogen-bond donors (Lipinski definition) is 3. The molecule has 0 amide bonds. The fourth-order valence-electron chi connectivity index (χ4n) is 3.10. The summed E-state index contributed by atoms with van der Waals surface area (Å²) < 4.78 is 16.0. The minimum Gasteiger partial charge on any atom is -0.477 e. The van der Waals surface area contributed by atoms with Crippen molar-refractivity contribution in [2.24, 2.45) is 5.73 Å². The fraction of sp³-hybridized carbons (Fsp3) is 0.375. The van der Waals surface area contributed by atoms with E-state index in [9.17, 15) is 14.0 Å². The first-order valence-electron chi connectivity index (χ1n) is 7.57. The molecule has 128 valence electrons. The van der Waals surface area contributed by atoms with Gasteiger partial charge in [-0.2, -0.15) is 0 Å². The standard InChI is InChI=1S/C16H19FN4O3/c1-16(18)3-4-20(8-16)13-6-12-9(5-11(13)17)14(22)10(15(23)24)7-21(12)19-2/h5-7,19H,3-4,8,18H2,1-2H3,(H,23,24). The third kappa shape index (κ3) is 2.58. The van der Waals surface area contributed by atoms with Crippen LogP contribution in [-0.4, -0.2) is 41.4 Å². The third-order valence-electron chi connectivity index (χ3n) is 4.39. The molecule has 2 aromatic rings. The zero-order chi connectivity index (χ0) is 17.6. The van der Waals surface area contributed by atoms with E-state index in [1.165, 1.54) is 10.9 Å². The van der Waals surface area contributed by atoms with E-state index in [-0.39, 0.29) is 5.39 Å². The number of nitrogens with one attached hydrogen (secondary N) is 1. The number of fused-ring (bicyclic) bond motifs is 1. The average Bonchev–Trinajstić information content (AvgIpc) is 2.87. The minimum atomic E-state index is -1.35. The summed E-state index contributed by atoms with van der Waals surface area (Å²) in [6.07, 6.45) is 1.94. The summed E-state index contributed by atoms with van der Waals surface area (Å²) in [5.74, 6) is -1.92. The maximum absolute atomic E-state index is 14.6. The molecule has 4 N–H and O–H groups in total. The normalized spacial score (nSPS) is 20.6. The van der Waals surface area contributed by atoms with Gasteiger partial charge in [-0.25, -0.2) is 9.18 Å². The molecule has 7 nitrogen and oxygen atoms in total. The van der Waals surface area contributed by atoms with E-state index in [0.717, 1.165) is 12.5 Å². The van der Waals surface area contributed by atoms with Crippen molar-refractivity contribution in [2.45, 2.75) is 18.9 Å². The van der Waals surface area contributed by atoms with Crippen LogP contribution < -0.4 is 21.5 Å². The molecule has 0 radical (unpaired) electrons. The van der Waals surface area contributed by atoms with Crippen molar-refractivity contribution in [2.75, 3.05) is 30.5 Å². The van der Waals surface area contributed by atoms with Crippen molar-refractivity contribution in [3.05, 3.63) is 39.9 Å². The highest BCUT2D eigenvalue weighted by molar-refractivity contribution is 5.93. The van der Waals surface area contributed by atoms with E-state index in [4.69, 9.17) is 10.8 Å². The Morgan fingerprint density at radius 1 is 1.46 bits per heavy atom. The molecule has 1 fully saturated rings. The zero-order valence-corrected chi connectivity index (χ0v) is 13.5. The van der Waals surface area contributed by atoms with Gasteiger partial charge >= 0.3 is 5.97 Å². The molecule has 8 heteroatoms. The highest BCUT2D eigenvalue weighted by atomic mass is 19.1. The van der Waals surface area contributed by atoms with Crippen LogP contribution in [0, 0.1) is 5.82 Å². The summed E-state index contributed by atoms with van der Waals surface area (Å²) in [6, 6.07) is 2.65. The predicted molar refractivity (Wildman–Crippen MR) is 89.8 cm³/mol. The molecule has 1 saturated heterocycles. The second-order valence-corrected chi connectivity index (χ2v) is 6.42. The third-order valence-corrected chi connectivity index (χ3v) is 4.39. The smallest absolute Gasteiger partial charge is 0.341 e. The number of carboxylic acid groups (broad SMARTS) is 1. The Bertz CT molecular complexity index is 891. The molecule has 0 spiro atoms. The molecule has 1 unspecified atom stereocenters. The second kappa shape index (κ2) is 5.48. The van der Waals surface area contributed by atoms with Crippen LogP contribution in [0.2, 0.25) is 0 Å². The number of pyridine rings is 1. The number of carbonyl (C=O) groups is 1. The van der Waals surface area contributed by atoms with Gasteiger partial charge in [0.05, 0.1) is 16.6 Å². The van der Waals surface area contributed by atoms with E-state index in [0.29, 0.717) is 24.3 Å². The van der Waals surface area contributed by atoms with Crippen molar-refractivity contribution in [3.8, 4) is 0 Å². The number of hydrogen-bond acceptors (Lipinski definition) is 5. The lowest BCUT2D eigenvalue weighted by molar-refractivity contribution is 0.0695. The number of halogens is 1. The van der Waals surface area contributed by atoms with Crippen LogP contribution >= 0.6 is 0 Å². The van der Waals surface area contributed by atoms with Gasteiger partial charge in [-0.05, 0) is 25.5 Å². The Hall–Kier alpha value is -2.61. The summed E-state index contributed by atoms with van der Waals surface area (Å²) >= 11 is 0. The van der Waals surface area contributed by atoms with Gasteiger partial charge in [0.25, 0.3) is 0 Å². The Kier molecular flexibility index (Phi) is 3.71. The van der Waals surface area contributed by atoms with Crippen molar-refractivity contribution in [1.82, 2.24) is 4.68 Å². The molecule has 1 aromatic heterocycles. The molecule has 2 heterocycles. The molecule has 1 aliphatic heterocycles. The van der Waals surface area contributed by atoms with Gasteiger partial charge in [-0.15, -0.1) is 0 Å². The van der Waals surface area contributed by atoms with Crippen molar-refractivity contribution < 1.29 is 14.3 Å². The Morgan fingerprint density at radius 2 is 2.17 bits per heavy atom. The summed E-state index contributed by atoms with van der Waals surface area (Å²) in [5.41, 5.74) is 8.14. The Labute approximate surface area is 137 Å². The van der Waals surface area contributed by atoms with Gasteiger partial charge < -0.3 is 21.2 Å².